The molecule has 0 bridgehead atoms. The van der Waals surface area contributed by atoms with E-state index in [1.807, 2.05) is 0 Å². The van der Waals surface area contributed by atoms with Crippen molar-refractivity contribution in [1.82, 2.24) is 0 Å². The molecule has 124 valence electrons. The summed E-state index contributed by atoms with van der Waals surface area (Å²) < 4.78 is 9.16. The Balaban J connectivity index is 0. The van der Waals surface area contributed by atoms with Gasteiger partial charge in [-0.25, -0.2) is 0 Å². The Kier molecular flexibility index (Phi) is 12.6. The number of rotatable bonds is 2. The summed E-state index contributed by atoms with van der Waals surface area (Å²) in [4.78, 5) is 0. The average molecular weight is 296 g/mol. The molecule has 0 aliphatic rings. The van der Waals surface area contributed by atoms with Crippen LogP contribution in [-0.2, 0) is 15.9 Å². The average Bonchev–Trinajstić information content (AvgIpc) is 2.28. The highest BCUT2D eigenvalue weighted by atomic mass is 16.5. The Morgan fingerprint density at radius 2 is 1.19 bits per heavy atom. The van der Waals surface area contributed by atoms with Crippen LogP contribution in [0.25, 0.3) is 0 Å². The molecule has 0 atom stereocenters. The molecule has 0 N–H and O–H groups in total. The second-order valence-corrected chi connectivity index (χ2v) is 7.62. The van der Waals surface area contributed by atoms with E-state index in [0.717, 1.165) is 13.0 Å². The van der Waals surface area contributed by atoms with Crippen molar-refractivity contribution in [2.75, 3.05) is 27.9 Å². The zero-order valence-electron chi connectivity index (χ0n) is 15.6. The van der Waals surface area contributed by atoms with E-state index in [4.69, 9.17) is 4.74 Å². The van der Waals surface area contributed by atoms with Gasteiger partial charge in [-0.1, -0.05) is 71.9 Å². The molecule has 1 rings (SSSR count). The largest absolute Gasteiger partial charge is 0.388 e. The van der Waals surface area contributed by atoms with Crippen LogP contribution in [0.4, 0.5) is 0 Å². The molecule has 0 radical (unpaired) electrons. The molecule has 0 heterocycles. The Morgan fingerprint density at radius 3 is 1.43 bits per heavy atom. The van der Waals surface area contributed by atoms with E-state index in [-0.39, 0.29) is 0 Å². The Hall–Kier alpha value is -0.860. The summed E-state index contributed by atoms with van der Waals surface area (Å²) in [5.74, 6) is 0. The molecule has 0 spiro atoms. The van der Waals surface area contributed by atoms with Gasteiger partial charge in [0.25, 0.3) is 0 Å². The normalized spacial score (nSPS) is 10.9. The van der Waals surface area contributed by atoms with Crippen molar-refractivity contribution in [2.24, 2.45) is 10.8 Å². The molecule has 0 aromatic heterocycles. The zero-order chi connectivity index (χ0) is 16.9. The minimum absolute atomic E-state index is 0.328. The topological polar surface area (TPSA) is 18.5 Å². The third kappa shape index (κ3) is 21.6. The molecular weight excluding hydrogens is 260 g/mol. The van der Waals surface area contributed by atoms with Gasteiger partial charge in [-0.2, -0.15) is 0 Å². The summed E-state index contributed by atoms with van der Waals surface area (Å²) in [6.45, 7) is 14.1. The maximum absolute atomic E-state index is 4.91. The van der Waals surface area contributed by atoms with Gasteiger partial charge in [0.1, 0.15) is 0 Å². The van der Waals surface area contributed by atoms with Crippen molar-refractivity contribution in [2.45, 2.75) is 48.0 Å². The molecule has 2 nitrogen and oxygen atoms in total. The number of hydrogen-bond acceptors (Lipinski definition) is 2. The minimum atomic E-state index is 0.328. The molecule has 2 heteroatoms. The van der Waals surface area contributed by atoms with E-state index in [0.29, 0.717) is 10.8 Å². The first kappa shape index (κ1) is 22.4. The molecule has 0 saturated carbocycles. The maximum Gasteiger partial charge on any atom is 0.0510 e. The van der Waals surface area contributed by atoms with Crippen molar-refractivity contribution >= 4 is 0 Å². The quantitative estimate of drug-likeness (QED) is 0.745. The first-order chi connectivity index (χ1) is 9.55. The van der Waals surface area contributed by atoms with E-state index < -0.39 is 0 Å². The van der Waals surface area contributed by atoms with Crippen LogP contribution in [-0.4, -0.2) is 27.9 Å². The highest BCUT2D eigenvalue weighted by molar-refractivity contribution is 5.15. The summed E-state index contributed by atoms with van der Waals surface area (Å²) >= 11 is 0. The first-order valence-corrected chi connectivity index (χ1v) is 7.48. The lowest BCUT2D eigenvalue weighted by atomic mass is 9.88. The SMILES string of the molecule is CC(C)(C)Cc1ccccc1.COC.COCC(C)(C)C. The summed E-state index contributed by atoms with van der Waals surface area (Å²) in [6, 6.07) is 10.6. The summed E-state index contributed by atoms with van der Waals surface area (Å²) in [5, 5.41) is 0. The second-order valence-electron chi connectivity index (χ2n) is 7.62. The van der Waals surface area contributed by atoms with Crippen molar-refractivity contribution < 1.29 is 9.47 Å². The summed E-state index contributed by atoms with van der Waals surface area (Å²) in [6.07, 6.45) is 1.16. The van der Waals surface area contributed by atoms with Crippen molar-refractivity contribution in [3.63, 3.8) is 0 Å². The predicted octanol–water partition coefficient (Wildman–Crippen LogP) is 5.22. The molecule has 0 unspecified atom stereocenters. The molecule has 21 heavy (non-hydrogen) atoms. The van der Waals surface area contributed by atoms with Crippen LogP contribution in [0.3, 0.4) is 0 Å². The van der Waals surface area contributed by atoms with Gasteiger partial charge in [-0.3, -0.25) is 0 Å². The van der Waals surface area contributed by atoms with Gasteiger partial charge in [0, 0.05) is 21.3 Å². The van der Waals surface area contributed by atoms with Gasteiger partial charge in [-0.15, -0.1) is 0 Å². The van der Waals surface area contributed by atoms with Crippen molar-refractivity contribution in [3.8, 4) is 0 Å². The maximum atomic E-state index is 4.91. The molecule has 0 aliphatic heterocycles. The van der Waals surface area contributed by atoms with Crippen LogP contribution >= 0.6 is 0 Å². The Morgan fingerprint density at radius 1 is 0.762 bits per heavy atom. The lowest BCUT2D eigenvalue weighted by Gasteiger charge is -2.17. The van der Waals surface area contributed by atoms with Gasteiger partial charge in [-0.05, 0) is 22.8 Å². The van der Waals surface area contributed by atoms with Gasteiger partial charge >= 0.3 is 0 Å². The minimum Gasteiger partial charge on any atom is -0.388 e. The third-order valence-corrected chi connectivity index (χ3v) is 2.15. The van der Waals surface area contributed by atoms with Crippen LogP contribution in [0.15, 0.2) is 30.3 Å². The Labute approximate surface area is 132 Å². The van der Waals surface area contributed by atoms with E-state index in [1.54, 1.807) is 21.3 Å². The summed E-state index contributed by atoms with van der Waals surface area (Å²) in [5.41, 5.74) is 2.16. The smallest absolute Gasteiger partial charge is 0.0510 e. The molecule has 1 aromatic carbocycles. The fourth-order valence-electron chi connectivity index (χ4n) is 1.64. The molecule has 0 saturated heterocycles. The number of hydrogen-bond donors (Lipinski definition) is 0. The lowest BCUT2D eigenvalue weighted by molar-refractivity contribution is 0.116. The number of benzene rings is 1. The third-order valence-electron chi connectivity index (χ3n) is 2.15. The highest BCUT2D eigenvalue weighted by Gasteiger charge is 2.10. The fourth-order valence-corrected chi connectivity index (χ4v) is 1.64. The van der Waals surface area contributed by atoms with Crippen LogP contribution in [0, 0.1) is 10.8 Å². The van der Waals surface area contributed by atoms with Crippen LogP contribution in [0.5, 0.6) is 0 Å². The number of ether oxygens (including phenoxy) is 2. The molecule has 0 aliphatic carbocycles. The predicted molar refractivity (Wildman–Crippen MR) is 93.9 cm³/mol. The zero-order valence-corrected chi connectivity index (χ0v) is 15.6. The van der Waals surface area contributed by atoms with Crippen LogP contribution in [0.2, 0.25) is 0 Å². The molecule has 0 amide bonds. The highest BCUT2D eigenvalue weighted by Crippen LogP contribution is 2.19. The van der Waals surface area contributed by atoms with E-state index in [2.05, 4.69) is 76.6 Å². The van der Waals surface area contributed by atoms with E-state index >= 15 is 0 Å². The van der Waals surface area contributed by atoms with Gasteiger partial charge in [0.05, 0.1) is 6.61 Å². The van der Waals surface area contributed by atoms with Crippen LogP contribution in [0.1, 0.15) is 47.1 Å². The van der Waals surface area contributed by atoms with Gasteiger partial charge in [0.15, 0.2) is 0 Å². The molecule has 0 fully saturated rings. The lowest BCUT2D eigenvalue weighted by Crippen LogP contribution is -2.12. The van der Waals surface area contributed by atoms with Gasteiger partial charge < -0.3 is 9.47 Å². The van der Waals surface area contributed by atoms with Crippen molar-refractivity contribution in [3.05, 3.63) is 35.9 Å². The molecule has 1 aromatic rings. The second kappa shape index (κ2) is 11.8. The van der Waals surface area contributed by atoms with Crippen LogP contribution < -0.4 is 0 Å². The van der Waals surface area contributed by atoms with Crippen molar-refractivity contribution in [1.29, 1.82) is 0 Å². The number of methoxy groups -OCH3 is 2. The fraction of sp³-hybridized carbons (Fsp3) is 0.684. The first-order valence-electron chi connectivity index (χ1n) is 7.48. The van der Waals surface area contributed by atoms with E-state index in [9.17, 15) is 0 Å². The molecular formula is C19H36O2. The monoisotopic (exact) mass is 296 g/mol. The Bertz CT molecular complexity index is 318. The van der Waals surface area contributed by atoms with Gasteiger partial charge in [0.2, 0.25) is 0 Å². The standard InChI is InChI=1S/C11H16.C6H14O.C2H6O/c1-11(2,3)9-10-7-5-4-6-8-10;1-6(2,3)5-7-4;1-3-2/h4-8H,9H2,1-3H3;5H2,1-4H3;1-2H3. The van der Waals surface area contributed by atoms with E-state index in [1.165, 1.54) is 5.56 Å². The summed E-state index contributed by atoms with van der Waals surface area (Å²) in [7, 11) is 4.98.